The summed E-state index contributed by atoms with van der Waals surface area (Å²) in [5.41, 5.74) is 4.56. The molecule has 4 rings (SSSR count). The molecule has 1 aromatic rings. The van der Waals surface area contributed by atoms with Gasteiger partial charge < -0.3 is 9.64 Å². The molecule has 2 saturated heterocycles. The lowest BCUT2D eigenvalue weighted by Gasteiger charge is -2.35. The van der Waals surface area contributed by atoms with Crippen LogP contribution in [0.25, 0.3) is 0 Å². The van der Waals surface area contributed by atoms with Crippen LogP contribution in [0.4, 0.5) is 0 Å². The average Bonchev–Trinajstić information content (AvgIpc) is 2.85. The number of benzene rings is 1. The van der Waals surface area contributed by atoms with E-state index in [-0.39, 0.29) is 11.3 Å². The minimum absolute atomic E-state index is 0.0371. The Hall–Kier alpha value is -1.92. The van der Waals surface area contributed by atoms with Crippen LogP contribution in [-0.2, 0) is 22.4 Å². The Morgan fingerprint density at radius 2 is 2.17 bits per heavy atom. The number of nitrogens with zero attached hydrogens (tertiary/aromatic N) is 1. The summed E-state index contributed by atoms with van der Waals surface area (Å²) in [4.78, 5) is 26.0. The Morgan fingerprint density at radius 1 is 1.33 bits per heavy atom. The molecule has 1 spiro atoms. The van der Waals surface area contributed by atoms with Gasteiger partial charge in [-0.2, -0.15) is 0 Å². The molecule has 0 saturated carbocycles. The molecule has 3 aliphatic rings. The predicted octanol–water partition coefficient (Wildman–Crippen LogP) is 1.16. The number of amides is 2. The third kappa shape index (κ3) is 2.70. The van der Waals surface area contributed by atoms with E-state index < -0.39 is 5.91 Å². The van der Waals surface area contributed by atoms with Gasteiger partial charge in [-0.15, -0.1) is 0 Å². The first kappa shape index (κ1) is 15.6. The van der Waals surface area contributed by atoms with E-state index in [2.05, 4.69) is 0 Å². The van der Waals surface area contributed by atoms with Crippen LogP contribution in [0.5, 0.6) is 0 Å². The van der Waals surface area contributed by atoms with E-state index in [9.17, 15) is 9.59 Å². The van der Waals surface area contributed by atoms with Crippen molar-refractivity contribution in [3.8, 4) is 0 Å². The van der Waals surface area contributed by atoms with Crippen LogP contribution in [0, 0.1) is 11.3 Å². The van der Waals surface area contributed by atoms with E-state index in [0.717, 1.165) is 51.1 Å². The summed E-state index contributed by atoms with van der Waals surface area (Å²) in [6, 6.07) is 5.56. The third-order valence-corrected chi connectivity index (χ3v) is 5.65. The van der Waals surface area contributed by atoms with Gasteiger partial charge in [0.2, 0.25) is 5.91 Å². The largest absolute Gasteiger partial charge is 0.381 e. The second kappa shape index (κ2) is 5.86. The smallest absolute Gasteiger partial charge is 0.274 e. The fraction of sp³-hybridized carbons (Fsp3) is 0.556. The molecule has 2 fully saturated rings. The fourth-order valence-electron chi connectivity index (χ4n) is 4.26. The molecule has 1 aromatic carbocycles. The first-order chi connectivity index (χ1) is 11.6. The molecule has 0 radical (unpaired) electrons. The Kier molecular flexibility index (Phi) is 3.81. The first-order valence-electron chi connectivity index (χ1n) is 8.50. The molecule has 128 valence electrons. The second-order valence-electron chi connectivity index (χ2n) is 7.46. The number of hydrogen-bond donors (Lipinski definition) is 2. The molecular weight excluding hydrogens is 308 g/mol. The number of rotatable bonds is 3. The van der Waals surface area contributed by atoms with Crippen LogP contribution in [0.1, 0.15) is 34.3 Å². The van der Waals surface area contributed by atoms with Crippen molar-refractivity contribution in [1.29, 1.82) is 0 Å². The maximum atomic E-state index is 12.4. The van der Waals surface area contributed by atoms with Crippen molar-refractivity contribution < 1.29 is 19.5 Å². The van der Waals surface area contributed by atoms with Gasteiger partial charge in [-0.3, -0.25) is 14.8 Å². The lowest BCUT2D eigenvalue weighted by Crippen LogP contribution is -2.41. The highest BCUT2D eigenvalue weighted by molar-refractivity contribution is 5.93. The summed E-state index contributed by atoms with van der Waals surface area (Å²) < 4.78 is 5.22. The first-order valence-corrected chi connectivity index (χ1v) is 8.50. The summed E-state index contributed by atoms with van der Waals surface area (Å²) in [5.74, 6) is 0.282. The molecule has 2 amide bonds. The van der Waals surface area contributed by atoms with E-state index in [1.165, 1.54) is 5.56 Å². The van der Waals surface area contributed by atoms with Gasteiger partial charge in [-0.1, -0.05) is 6.07 Å². The molecule has 0 aromatic heterocycles. The summed E-state index contributed by atoms with van der Waals surface area (Å²) in [5, 5.41) is 8.76. The Balaban J connectivity index is 1.49. The molecule has 0 unspecified atom stereocenters. The van der Waals surface area contributed by atoms with Crippen LogP contribution in [0.15, 0.2) is 18.2 Å². The zero-order valence-electron chi connectivity index (χ0n) is 13.6. The number of aryl methyl sites for hydroxylation is 1. The summed E-state index contributed by atoms with van der Waals surface area (Å²) in [6.45, 7) is 3.20. The van der Waals surface area contributed by atoms with Gasteiger partial charge >= 0.3 is 0 Å². The molecule has 0 bridgehead atoms. The van der Waals surface area contributed by atoms with Crippen LogP contribution >= 0.6 is 0 Å². The van der Waals surface area contributed by atoms with E-state index in [1.54, 1.807) is 11.5 Å². The molecule has 24 heavy (non-hydrogen) atoms. The zero-order chi connectivity index (χ0) is 16.7. The summed E-state index contributed by atoms with van der Waals surface area (Å²) in [7, 11) is 0. The molecule has 2 N–H and O–H groups in total. The van der Waals surface area contributed by atoms with E-state index in [1.807, 2.05) is 17.0 Å². The average molecular weight is 330 g/mol. The molecule has 6 heteroatoms. The monoisotopic (exact) mass is 330 g/mol. The van der Waals surface area contributed by atoms with Crippen LogP contribution in [0.2, 0.25) is 0 Å². The van der Waals surface area contributed by atoms with Gasteiger partial charge in [-0.05, 0) is 42.5 Å². The second-order valence-corrected chi connectivity index (χ2v) is 7.46. The minimum atomic E-state index is -0.483. The van der Waals surface area contributed by atoms with Gasteiger partial charge in [0.05, 0.1) is 13.2 Å². The lowest BCUT2D eigenvalue weighted by molar-refractivity contribution is -0.130. The minimum Gasteiger partial charge on any atom is -0.381 e. The van der Waals surface area contributed by atoms with Crippen LogP contribution in [0.3, 0.4) is 0 Å². The van der Waals surface area contributed by atoms with Crippen molar-refractivity contribution in [3.05, 3.63) is 34.9 Å². The van der Waals surface area contributed by atoms with Crippen molar-refractivity contribution in [2.75, 3.05) is 26.3 Å². The number of carbonyl (C=O) groups is 2. The molecular formula is C18H22N2O4. The van der Waals surface area contributed by atoms with Crippen molar-refractivity contribution in [2.24, 2.45) is 11.3 Å². The van der Waals surface area contributed by atoms with Gasteiger partial charge in [0.15, 0.2) is 0 Å². The van der Waals surface area contributed by atoms with E-state index in [0.29, 0.717) is 17.9 Å². The van der Waals surface area contributed by atoms with Crippen molar-refractivity contribution in [1.82, 2.24) is 10.4 Å². The molecule has 2 aliphatic heterocycles. The lowest BCUT2D eigenvalue weighted by atomic mass is 9.70. The fourth-order valence-corrected chi connectivity index (χ4v) is 4.26. The Morgan fingerprint density at radius 3 is 2.88 bits per heavy atom. The normalized spacial score (nSPS) is 26.4. The number of fused-ring (bicyclic) bond motifs is 1. The van der Waals surface area contributed by atoms with Crippen LogP contribution in [-0.4, -0.2) is 48.2 Å². The zero-order valence-corrected chi connectivity index (χ0v) is 13.6. The number of ether oxygens (including phenoxy) is 1. The standard InChI is InChI=1S/C18H22N2O4/c21-16-7-18(11-20(16)8-12-9-24-10-12)4-3-13-5-14(17(22)19-23)1-2-15(13)6-18/h1-2,5,12,23H,3-4,6-11H2,(H,19,22)/t18-/m0/s1. The Labute approximate surface area is 140 Å². The van der Waals surface area contributed by atoms with Crippen LogP contribution < -0.4 is 5.48 Å². The molecule has 1 atom stereocenters. The highest BCUT2D eigenvalue weighted by atomic mass is 16.5. The number of carbonyl (C=O) groups excluding carboxylic acids is 2. The maximum Gasteiger partial charge on any atom is 0.274 e. The SMILES string of the molecule is O=C(NO)c1ccc2c(c1)CC[C@@]1(CC(=O)N(CC3COC3)C1)C2. The Bertz CT molecular complexity index is 686. The van der Waals surface area contributed by atoms with Crippen molar-refractivity contribution in [3.63, 3.8) is 0 Å². The van der Waals surface area contributed by atoms with E-state index >= 15 is 0 Å². The third-order valence-electron chi connectivity index (χ3n) is 5.65. The van der Waals surface area contributed by atoms with Gasteiger partial charge in [0.25, 0.3) is 5.91 Å². The number of nitrogens with one attached hydrogen (secondary N) is 1. The molecule has 6 nitrogen and oxygen atoms in total. The quantitative estimate of drug-likeness (QED) is 0.644. The predicted molar refractivity (Wildman–Crippen MR) is 85.7 cm³/mol. The summed E-state index contributed by atoms with van der Waals surface area (Å²) in [6.07, 6.45) is 3.34. The highest BCUT2D eigenvalue weighted by Gasteiger charge is 2.45. The molecule has 1 aliphatic carbocycles. The van der Waals surface area contributed by atoms with E-state index in [4.69, 9.17) is 9.94 Å². The van der Waals surface area contributed by atoms with Crippen molar-refractivity contribution >= 4 is 11.8 Å². The summed E-state index contributed by atoms with van der Waals surface area (Å²) >= 11 is 0. The highest BCUT2D eigenvalue weighted by Crippen LogP contribution is 2.43. The molecule has 2 heterocycles. The van der Waals surface area contributed by atoms with Gasteiger partial charge in [0, 0.05) is 36.4 Å². The number of hydroxylamine groups is 1. The van der Waals surface area contributed by atoms with Gasteiger partial charge in [0.1, 0.15) is 0 Å². The number of likely N-dealkylation sites (tertiary alicyclic amines) is 1. The van der Waals surface area contributed by atoms with Gasteiger partial charge in [-0.25, -0.2) is 5.48 Å². The topological polar surface area (TPSA) is 78.9 Å². The maximum absolute atomic E-state index is 12.4. The number of hydrogen-bond acceptors (Lipinski definition) is 4. The van der Waals surface area contributed by atoms with Crippen molar-refractivity contribution in [2.45, 2.75) is 25.7 Å².